The molecule has 12 nitrogen and oxygen atoms in total. The molecule has 1 aromatic carbocycles. The summed E-state index contributed by atoms with van der Waals surface area (Å²) >= 11 is 0. The molecule has 3 atom stereocenters. The molecule has 12 heteroatoms. The van der Waals surface area contributed by atoms with Gasteiger partial charge >= 0.3 is 24.4 Å². The van der Waals surface area contributed by atoms with Crippen molar-refractivity contribution in [3.05, 3.63) is 23.8 Å². The number of carbonyl (C=O) groups excluding carboxylic acids is 4. The molecule has 0 saturated heterocycles. The van der Waals surface area contributed by atoms with E-state index in [9.17, 15) is 19.2 Å². The Kier molecular flexibility index (Phi) is 17.6. The van der Waals surface area contributed by atoms with E-state index in [-0.39, 0.29) is 37.7 Å². The summed E-state index contributed by atoms with van der Waals surface area (Å²) in [5, 5.41) is 0. The number of hydrogen-bond acceptors (Lipinski definition) is 12. The standard InChI is InChI=1S/C29H45NO11/c1-6-9-11-16-36-28(33)40-24-14-13-22(19-25(24)41-29(34)37-17-12-10-7-2)18-23(30)26(31)38-20(4)21(5)39-27(32)35-15-8-3/h13-14,19-21,23H,6-12,15-18,30H2,1-5H3/t20-,21-,23-/m0/s1. The van der Waals surface area contributed by atoms with Gasteiger partial charge in [0.25, 0.3) is 0 Å². The lowest BCUT2D eigenvalue weighted by molar-refractivity contribution is -0.155. The quantitative estimate of drug-likeness (QED) is 0.0952. The maximum atomic E-state index is 12.6. The zero-order valence-corrected chi connectivity index (χ0v) is 24.8. The third kappa shape index (κ3) is 15.1. The number of esters is 1. The van der Waals surface area contributed by atoms with Crippen LogP contribution in [0.5, 0.6) is 11.5 Å². The first-order valence-corrected chi connectivity index (χ1v) is 14.2. The average molecular weight is 584 g/mol. The van der Waals surface area contributed by atoms with Gasteiger partial charge < -0.3 is 38.9 Å². The predicted octanol–water partition coefficient (Wildman–Crippen LogP) is 5.85. The van der Waals surface area contributed by atoms with Crippen LogP contribution in [0.3, 0.4) is 0 Å². The minimum absolute atomic E-state index is 0.00296. The highest BCUT2D eigenvalue weighted by molar-refractivity contribution is 5.76. The molecule has 0 radical (unpaired) electrons. The van der Waals surface area contributed by atoms with E-state index in [1.54, 1.807) is 19.9 Å². The number of hydrogen-bond donors (Lipinski definition) is 1. The van der Waals surface area contributed by atoms with Crippen LogP contribution in [0.15, 0.2) is 18.2 Å². The third-order valence-corrected chi connectivity index (χ3v) is 5.76. The van der Waals surface area contributed by atoms with Gasteiger partial charge in [0.15, 0.2) is 11.5 Å². The summed E-state index contributed by atoms with van der Waals surface area (Å²) in [6.07, 6.45) is 1.41. The first kappa shape index (κ1) is 35.5. The van der Waals surface area contributed by atoms with Crippen molar-refractivity contribution in [3.8, 4) is 11.5 Å². The van der Waals surface area contributed by atoms with Gasteiger partial charge in [0.05, 0.1) is 19.8 Å². The average Bonchev–Trinajstić information content (AvgIpc) is 2.93. The Bertz CT molecular complexity index is 953. The van der Waals surface area contributed by atoms with Crippen molar-refractivity contribution < 1.29 is 52.3 Å². The predicted molar refractivity (Wildman–Crippen MR) is 149 cm³/mol. The second-order valence-corrected chi connectivity index (χ2v) is 9.47. The van der Waals surface area contributed by atoms with Crippen LogP contribution in [-0.2, 0) is 34.9 Å². The summed E-state index contributed by atoms with van der Waals surface area (Å²) in [7, 11) is 0. The number of ether oxygens (including phenoxy) is 7. The lowest BCUT2D eigenvalue weighted by Crippen LogP contribution is -2.39. The molecule has 2 N–H and O–H groups in total. The Labute approximate surface area is 242 Å². The number of carbonyl (C=O) groups is 4. The van der Waals surface area contributed by atoms with E-state index in [0.717, 1.165) is 25.7 Å². The van der Waals surface area contributed by atoms with Crippen LogP contribution in [-0.4, -0.2) is 62.5 Å². The summed E-state index contributed by atoms with van der Waals surface area (Å²) in [4.78, 5) is 48.7. The van der Waals surface area contributed by atoms with Crippen molar-refractivity contribution >= 4 is 24.4 Å². The topological polar surface area (TPSA) is 159 Å². The molecule has 41 heavy (non-hydrogen) atoms. The van der Waals surface area contributed by atoms with E-state index in [2.05, 4.69) is 0 Å². The first-order chi connectivity index (χ1) is 19.6. The summed E-state index contributed by atoms with van der Waals surface area (Å²) < 4.78 is 36.0. The van der Waals surface area contributed by atoms with E-state index < -0.39 is 42.7 Å². The normalized spacial score (nSPS) is 12.8. The number of benzene rings is 1. The SMILES string of the molecule is CCCCCOC(=O)Oc1ccc(C[C@H](N)C(=O)O[C@@H](C)[C@H](C)OC(=O)OCCC)cc1OC(=O)OCCCCC. The second-order valence-electron chi connectivity index (χ2n) is 9.47. The molecule has 0 heterocycles. The van der Waals surface area contributed by atoms with E-state index in [4.69, 9.17) is 38.9 Å². The molecule has 0 bridgehead atoms. The minimum atomic E-state index is -1.10. The number of rotatable bonds is 18. The maximum absolute atomic E-state index is 12.6. The van der Waals surface area contributed by atoms with E-state index in [0.29, 0.717) is 24.8 Å². The van der Waals surface area contributed by atoms with Crippen molar-refractivity contribution in [3.63, 3.8) is 0 Å². The van der Waals surface area contributed by atoms with Crippen LogP contribution in [0.4, 0.5) is 14.4 Å². The molecule has 0 aromatic heterocycles. The Morgan fingerprint density at radius 3 is 1.78 bits per heavy atom. The van der Waals surface area contributed by atoms with Crippen molar-refractivity contribution in [2.45, 2.75) is 104 Å². The van der Waals surface area contributed by atoms with Crippen LogP contribution in [0.2, 0.25) is 0 Å². The molecule has 1 aromatic rings. The lowest BCUT2D eigenvalue weighted by atomic mass is 10.1. The summed E-state index contributed by atoms with van der Waals surface area (Å²) in [6, 6.07) is 3.28. The van der Waals surface area contributed by atoms with Crippen molar-refractivity contribution in [2.75, 3.05) is 19.8 Å². The first-order valence-electron chi connectivity index (χ1n) is 14.2. The highest BCUT2D eigenvalue weighted by Crippen LogP contribution is 2.30. The van der Waals surface area contributed by atoms with Crippen molar-refractivity contribution in [1.29, 1.82) is 0 Å². The van der Waals surface area contributed by atoms with E-state index in [1.807, 2.05) is 20.8 Å². The largest absolute Gasteiger partial charge is 0.513 e. The van der Waals surface area contributed by atoms with E-state index >= 15 is 0 Å². The zero-order valence-electron chi connectivity index (χ0n) is 24.8. The molecule has 0 aliphatic carbocycles. The molecule has 232 valence electrons. The third-order valence-electron chi connectivity index (χ3n) is 5.76. The number of unbranched alkanes of at least 4 members (excludes halogenated alkanes) is 4. The Morgan fingerprint density at radius 1 is 0.683 bits per heavy atom. The number of nitrogens with two attached hydrogens (primary N) is 1. The molecule has 0 aliphatic heterocycles. The van der Waals surface area contributed by atoms with Crippen LogP contribution in [0.1, 0.15) is 85.1 Å². The molecular formula is C29H45NO11. The fourth-order valence-corrected chi connectivity index (χ4v) is 3.27. The maximum Gasteiger partial charge on any atom is 0.513 e. The van der Waals surface area contributed by atoms with Gasteiger partial charge in [-0.2, -0.15) is 0 Å². The van der Waals surface area contributed by atoms with Gasteiger partial charge in [-0.3, -0.25) is 4.79 Å². The molecule has 0 fully saturated rings. The van der Waals surface area contributed by atoms with Crippen molar-refractivity contribution in [2.24, 2.45) is 5.73 Å². The molecule has 0 saturated carbocycles. The highest BCUT2D eigenvalue weighted by Gasteiger charge is 2.25. The van der Waals surface area contributed by atoms with Crippen molar-refractivity contribution in [1.82, 2.24) is 0 Å². The Balaban J connectivity index is 2.87. The highest BCUT2D eigenvalue weighted by atomic mass is 16.7. The summed E-state index contributed by atoms with van der Waals surface area (Å²) in [5.74, 6) is -0.899. The van der Waals surface area contributed by atoms with Gasteiger partial charge in [-0.05, 0) is 57.2 Å². The van der Waals surface area contributed by atoms with Crippen LogP contribution in [0.25, 0.3) is 0 Å². The Hall–Kier alpha value is -3.54. The zero-order chi connectivity index (χ0) is 30.6. The molecule has 1 rings (SSSR count). The van der Waals surface area contributed by atoms with Gasteiger partial charge in [-0.25, -0.2) is 14.4 Å². The van der Waals surface area contributed by atoms with Gasteiger partial charge in [-0.1, -0.05) is 52.5 Å². The van der Waals surface area contributed by atoms with Gasteiger partial charge in [0, 0.05) is 0 Å². The second kappa shape index (κ2) is 20.4. The van der Waals surface area contributed by atoms with Gasteiger partial charge in [0.2, 0.25) is 0 Å². The smallest absolute Gasteiger partial charge is 0.458 e. The molecule has 0 unspecified atom stereocenters. The monoisotopic (exact) mass is 583 g/mol. The van der Waals surface area contributed by atoms with E-state index in [1.165, 1.54) is 12.1 Å². The molecule has 0 amide bonds. The lowest BCUT2D eigenvalue weighted by Gasteiger charge is -2.22. The molecule has 0 spiro atoms. The van der Waals surface area contributed by atoms with Gasteiger partial charge in [-0.15, -0.1) is 0 Å². The summed E-state index contributed by atoms with van der Waals surface area (Å²) in [6.45, 7) is 9.62. The Morgan fingerprint density at radius 2 is 1.22 bits per heavy atom. The molecular weight excluding hydrogens is 538 g/mol. The minimum Gasteiger partial charge on any atom is -0.458 e. The van der Waals surface area contributed by atoms with Gasteiger partial charge in [0.1, 0.15) is 18.2 Å². The summed E-state index contributed by atoms with van der Waals surface area (Å²) in [5.41, 5.74) is 6.56. The van der Waals surface area contributed by atoms with Crippen LogP contribution < -0.4 is 15.2 Å². The fraction of sp³-hybridized carbons (Fsp3) is 0.655. The van der Waals surface area contributed by atoms with Crippen LogP contribution in [0, 0.1) is 0 Å². The fourth-order valence-electron chi connectivity index (χ4n) is 3.27. The van der Waals surface area contributed by atoms with Crippen LogP contribution >= 0.6 is 0 Å². The molecule has 0 aliphatic rings.